The number of unbranched alkanes of at least 4 members (excludes halogenated alkanes) is 2. The molecule has 0 unspecified atom stereocenters. The van der Waals surface area contributed by atoms with Gasteiger partial charge >= 0.3 is 5.97 Å². The van der Waals surface area contributed by atoms with Gasteiger partial charge in [-0.25, -0.2) is 4.98 Å². The number of esters is 1. The molecule has 0 atom stereocenters. The summed E-state index contributed by atoms with van der Waals surface area (Å²) in [5, 5.41) is 3.03. The number of nitrogens with zero attached hydrogens (tertiary/aromatic N) is 2. The molecule has 0 fully saturated rings. The molecule has 3 aromatic rings. The maximum atomic E-state index is 11.9. The molecule has 5 nitrogen and oxygen atoms in total. The molecule has 0 spiro atoms. The fourth-order valence-electron chi connectivity index (χ4n) is 3.21. The van der Waals surface area contributed by atoms with Crippen LogP contribution in [-0.2, 0) is 9.53 Å². The average molecular weight is 439 g/mol. The van der Waals surface area contributed by atoms with Crippen LogP contribution in [0.2, 0.25) is 0 Å². The van der Waals surface area contributed by atoms with Gasteiger partial charge < -0.3 is 9.47 Å². The number of thiazole rings is 1. The first-order valence-electron chi connectivity index (χ1n) is 10.8. The Bertz CT molecular complexity index is 952. The molecule has 0 amide bonds. The first-order valence-corrected chi connectivity index (χ1v) is 11.6. The SMILES string of the molecule is CCOC(=O)C(C)(C)CCCCCOc1ccc(-c2csc(-c3cccnc3)n2)cc1. The first kappa shape index (κ1) is 22.9. The Morgan fingerprint density at radius 3 is 2.58 bits per heavy atom. The highest BCUT2D eigenvalue weighted by Crippen LogP contribution is 2.29. The van der Waals surface area contributed by atoms with Gasteiger partial charge in [-0.2, -0.15) is 0 Å². The third-order valence-electron chi connectivity index (χ3n) is 5.11. The van der Waals surface area contributed by atoms with Crippen molar-refractivity contribution >= 4 is 17.3 Å². The zero-order valence-corrected chi connectivity index (χ0v) is 19.3. The van der Waals surface area contributed by atoms with Crippen molar-refractivity contribution in [2.24, 2.45) is 5.41 Å². The number of hydrogen-bond acceptors (Lipinski definition) is 6. The van der Waals surface area contributed by atoms with E-state index in [1.165, 1.54) is 0 Å². The summed E-state index contributed by atoms with van der Waals surface area (Å²) in [6.07, 6.45) is 7.39. The molecule has 0 radical (unpaired) electrons. The van der Waals surface area contributed by atoms with Gasteiger partial charge in [-0.05, 0) is 70.0 Å². The molecule has 2 heterocycles. The summed E-state index contributed by atoms with van der Waals surface area (Å²) < 4.78 is 11.0. The monoisotopic (exact) mass is 438 g/mol. The van der Waals surface area contributed by atoms with E-state index in [1.54, 1.807) is 17.5 Å². The molecule has 3 rings (SSSR count). The molecule has 31 heavy (non-hydrogen) atoms. The zero-order chi connectivity index (χ0) is 22.1. The number of benzene rings is 1. The van der Waals surface area contributed by atoms with Crippen LogP contribution in [-0.4, -0.2) is 29.2 Å². The number of ether oxygens (including phenoxy) is 2. The lowest BCUT2D eigenvalue weighted by Crippen LogP contribution is -2.26. The topological polar surface area (TPSA) is 61.3 Å². The van der Waals surface area contributed by atoms with Crippen molar-refractivity contribution in [2.45, 2.75) is 46.5 Å². The van der Waals surface area contributed by atoms with E-state index in [4.69, 9.17) is 14.5 Å². The lowest BCUT2D eigenvalue weighted by Gasteiger charge is -2.21. The molecule has 0 aliphatic rings. The van der Waals surface area contributed by atoms with E-state index < -0.39 is 5.41 Å². The standard InChI is InChI=1S/C25H30N2O3S/c1-4-29-24(28)25(2,3)14-6-5-7-16-30-21-12-10-19(11-13-21)22-18-31-23(27-22)20-9-8-15-26-17-20/h8-13,15,17-18H,4-7,14,16H2,1-3H3. The largest absolute Gasteiger partial charge is 0.494 e. The number of rotatable bonds is 11. The van der Waals surface area contributed by atoms with Crippen LogP contribution in [0.5, 0.6) is 5.75 Å². The Morgan fingerprint density at radius 1 is 1.06 bits per heavy atom. The second kappa shape index (κ2) is 11.0. The predicted octanol–water partition coefficient (Wildman–Crippen LogP) is 6.40. The van der Waals surface area contributed by atoms with E-state index in [-0.39, 0.29) is 5.97 Å². The van der Waals surface area contributed by atoms with Gasteiger partial charge in [0.05, 0.1) is 24.3 Å². The molecular weight excluding hydrogens is 408 g/mol. The number of hydrogen-bond donors (Lipinski definition) is 0. The van der Waals surface area contributed by atoms with Crippen LogP contribution >= 0.6 is 11.3 Å². The van der Waals surface area contributed by atoms with E-state index in [2.05, 4.69) is 10.4 Å². The van der Waals surface area contributed by atoms with Gasteiger partial charge in [-0.3, -0.25) is 9.78 Å². The van der Waals surface area contributed by atoms with Gasteiger partial charge in [0.1, 0.15) is 10.8 Å². The van der Waals surface area contributed by atoms with E-state index in [0.717, 1.165) is 53.3 Å². The molecule has 164 valence electrons. The highest BCUT2D eigenvalue weighted by atomic mass is 32.1. The fraction of sp³-hybridized carbons (Fsp3) is 0.400. The van der Waals surface area contributed by atoms with Gasteiger partial charge in [-0.15, -0.1) is 11.3 Å². The highest BCUT2D eigenvalue weighted by Gasteiger charge is 2.28. The third kappa shape index (κ3) is 6.62. The highest BCUT2D eigenvalue weighted by molar-refractivity contribution is 7.13. The second-order valence-electron chi connectivity index (χ2n) is 8.07. The van der Waals surface area contributed by atoms with Crippen LogP contribution < -0.4 is 4.74 Å². The normalized spacial score (nSPS) is 11.3. The number of pyridine rings is 1. The summed E-state index contributed by atoms with van der Waals surface area (Å²) in [6, 6.07) is 12.0. The lowest BCUT2D eigenvalue weighted by atomic mass is 9.87. The Labute approximate surface area is 188 Å². The van der Waals surface area contributed by atoms with E-state index in [9.17, 15) is 4.79 Å². The van der Waals surface area contributed by atoms with Crippen molar-refractivity contribution in [2.75, 3.05) is 13.2 Å². The van der Waals surface area contributed by atoms with E-state index in [1.807, 2.05) is 63.4 Å². The number of carbonyl (C=O) groups excluding carboxylic acids is 1. The average Bonchev–Trinajstić information content (AvgIpc) is 3.28. The Kier molecular flexibility index (Phi) is 8.18. The molecule has 1 aromatic carbocycles. The molecule has 6 heteroatoms. The van der Waals surface area contributed by atoms with Crippen molar-refractivity contribution < 1.29 is 14.3 Å². The van der Waals surface area contributed by atoms with Gasteiger partial charge in [0.25, 0.3) is 0 Å². The molecule has 0 bridgehead atoms. The lowest BCUT2D eigenvalue weighted by molar-refractivity contribution is -0.153. The van der Waals surface area contributed by atoms with Crippen LogP contribution in [0.15, 0.2) is 54.2 Å². The van der Waals surface area contributed by atoms with Crippen molar-refractivity contribution in [3.63, 3.8) is 0 Å². The Balaban J connectivity index is 1.41. The minimum Gasteiger partial charge on any atom is -0.494 e. The van der Waals surface area contributed by atoms with E-state index in [0.29, 0.717) is 13.2 Å². The maximum absolute atomic E-state index is 11.9. The summed E-state index contributed by atoms with van der Waals surface area (Å²) in [4.78, 5) is 20.8. The van der Waals surface area contributed by atoms with Crippen LogP contribution in [0.25, 0.3) is 21.8 Å². The van der Waals surface area contributed by atoms with Gasteiger partial charge in [0, 0.05) is 28.9 Å². The second-order valence-corrected chi connectivity index (χ2v) is 8.93. The first-order chi connectivity index (χ1) is 15.0. The van der Waals surface area contributed by atoms with Crippen LogP contribution in [0.4, 0.5) is 0 Å². The van der Waals surface area contributed by atoms with Gasteiger partial charge in [-0.1, -0.05) is 12.8 Å². The Morgan fingerprint density at radius 2 is 1.87 bits per heavy atom. The fourth-order valence-corrected chi connectivity index (χ4v) is 4.03. The molecule has 0 N–H and O–H groups in total. The van der Waals surface area contributed by atoms with Crippen molar-refractivity contribution in [3.8, 4) is 27.6 Å². The van der Waals surface area contributed by atoms with Gasteiger partial charge in [0.2, 0.25) is 0 Å². The Hall–Kier alpha value is -2.73. The van der Waals surface area contributed by atoms with Crippen molar-refractivity contribution in [1.82, 2.24) is 9.97 Å². The maximum Gasteiger partial charge on any atom is 0.311 e. The van der Waals surface area contributed by atoms with Crippen molar-refractivity contribution in [3.05, 3.63) is 54.2 Å². The number of carbonyl (C=O) groups is 1. The number of aromatic nitrogens is 2. The minimum absolute atomic E-state index is 0.112. The third-order valence-corrected chi connectivity index (χ3v) is 6.00. The molecular formula is C25H30N2O3S. The zero-order valence-electron chi connectivity index (χ0n) is 18.5. The molecule has 0 saturated heterocycles. The minimum atomic E-state index is -0.417. The van der Waals surface area contributed by atoms with Crippen LogP contribution in [0, 0.1) is 5.41 Å². The quantitative estimate of drug-likeness (QED) is 0.256. The molecule has 2 aromatic heterocycles. The molecule has 0 saturated carbocycles. The summed E-state index contributed by atoms with van der Waals surface area (Å²) in [7, 11) is 0. The van der Waals surface area contributed by atoms with Gasteiger partial charge in [0.15, 0.2) is 0 Å². The van der Waals surface area contributed by atoms with Crippen molar-refractivity contribution in [1.29, 1.82) is 0 Å². The smallest absolute Gasteiger partial charge is 0.311 e. The summed E-state index contributed by atoms with van der Waals surface area (Å²) in [6.45, 7) is 6.84. The predicted molar refractivity (Wildman–Crippen MR) is 125 cm³/mol. The molecule has 0 aliphatic heterocycles. The van der Waals surface area contributed by atoms with Crippen LogP contribution in [0.3, 0.4) is 0 Å². The summed E-state index contributed by atoms with van der Waals surface area (Å²) in [5.74, 6) is 0.748. The van der Waals surface area contributed by atoms with Crippen LogP contribution in [0.1, 0.15) is 46.5 Å². The molecule has 0 aliphatic carbocycles. The van der Waals surface area contributed by atoms with E-state index >= 15 is 0 Å². The summed E-state index contributed by atoms with van der Waals surface area (Å²) in [5.41, 5.74) is 2.64. The summed E-state index contributed by atoms with van der Waals surface area (Å²) >= 11 is 1.62.